The molecular formula is C18H32N6O. The van der Waals surface area contributed by atoms with Gasteiger partial charge in [0.2, 0.25) is 5.91 Å². The van der Waals surface area contributed by atoms with Crippen LogP contribution in [0.5, 0.6) is 0 Å². The minimum Gasteiger partial charge on any atom is -0.341 e. The summed E-state index contributed by atoms with van der Waals surface area (Å²) in [5.74, 6) is 2.60. The van der Waals surface area contributed by atoms with E-state index >= 15 is 0 Å². The zero-order valence-electron chi connectivity index (χ0n) is 15.9. The van der Waals surface area contributed by atoms with Crippen molar-refractivity contribution in [2.24, 2.45) is 7.05 Å². The molecule has 0 aromatic carbocycles. The van der Waals surface area contributed by atoms with Crippen molar-refractivity contribution in [3.63, 3.8) is 0 Å². The lowest BCUT2D eigenvalue weighted by Gasteiger charge is -2.33. The maximum absolute atomic E-state index is 12.4. The summed E-state index contributed by atoms with van der Waals surface area (Å²) in [6, 6.07) is 0. The molecule has 1 aromatic heterocycles. The normalized spacial score (nSPS) is 22.6. The van der Waals surface area contributed by atoms with Crippen molar-refractivity contribution in [3.05, 3.63) is 11.6 Å². The average molecular weight is 348 g/mol. The van der Waals surface area contributed by atoms with Gasteiger partial charge in [-0.1, -0.05) is 6.42 Å². The molecule has 3 heterocycles. The summed E-state index contributed by atoms with van der Waals surface area (Å²) in [4.78, 5) is 18.8. The second-order valence-corrected chi connectivity index (χ2v) is 7.79. The lowest BCUT2D eigenvalue weighted by atomic mass is 9.97. The molecule has 140 valence electrons. The van der Waals surface area contributed by atoms with Crippen LogP contribution in [0, 0.1) is 0 Å². The van der Waals surface area contributed by atoms with Crippen molar-refractivity contribution in [1.29, 1.82) is 0 Å². The van der Waals surface area contributed by atoms with Gasteiger partial charge in [0, 0.05) is 26.1 Å². The number of amides is 1. The molecular weight excluding hydrogens is 316 g/mol. The second kappa shape index (κ2) is 8.27. The first-order chi connectivity index (χ1) is 12.0. The Morgan fingerprint density at radius 1 is 1.12 bits per heavy atom. The lowest BCUT2D eigenvalue weighted by molar-refractivity contribution is -0.133. The summed E-state index contributed by atoms with van der Waals surface area (Å²) in [6.45, 7) is 5.33. The van der Waals surface area contributed by atoms with E-state index in [1.165, 1.54) is 32.4 Å². The van der Waals surface area contributed by atoms with Crippen LogP contribution >= 0.6 is 0 Å². The highest BCUT2D eigenvalue weighted by atomic mass is 16.2. The number of carbonyl (C=O) groups excluding carboxylic acids is 1. The maximum atomic E-state index is 12.4. The van der Waals surface area contributed by atoms with Crippen LogP contribution in [0.1, 0.15) is 49.7 Å². The number of aromatic nitrogens is 3. The third-order valence-corrected chi connectivity index (χ3v) is 5.40. The fourth-order valence-corrected chi connectivity index (χ4v) is 3.97. The van der Waals surface area contributed by atoms with Crippen molar-refractivity contribution in [1.82, 2.24) is 29.5 Å². The number of likely N-dealkylation sites (N-methyl/N-ethyl adjacent to an activating group) is 1. The SMILES string of the molecule is CN(C)CC(=O)N1CCC[C@@H](c2nnc(CN3CCCCC3)n2C)C1. The summed E-state index contributed by atoms with van der Waals surface area (Å²) in [5.41, 5.74) is 0. The van der Waals surface area contributed by atoms with E-state index in [-0.39, 0.29) is 5.91 Å². The average Bonchev–Trinajstić information content (AvgIpc) is 2.96. The smallest absolute Gasteiger partial charge is 0.236 e. The molecule has 0 unspecified atom stereocenters. The predicted molar refractivity (Wildman–Crippen MR) is 97.2 cm³/mol. The minimum absolute atomic E-state index is 0.213. The van der Waals surface area contributed by atoms with Crippen molar-refractivity contribution >= 4 is 5.91 Å². The van der Waals surface area contributed by atoms with E-state index in [1.54, 1.807) is 0 Å². The first-order valence-electron chi connectivity index (χ1n) is 9.57. The van der Waals surface area contributed by atoms with Gasteiger partial charge in [-0.2, -0.15) is 0 Å². The number of piperidine rings is 2. The second-order valence-electron chi connectivity index (χ2n) is 7.79. The topological polar surface area (TPSA) is 57.5 Å². The van der Waals surface area contributed by atoms with Gasteiger partial charge in [-0.25, -0.2) is 0 Å². The summed E-state index contributed by atoms with van der Waals surface area (Å²) < 4.78 is 2.17. The van der Waals surface area contributed by atoms with Gasteiger partial charge < -0.3 is 14.4 Å². The van der Waals surface area contributed by atoms with Crippen LogP contribution < -0.4 is 0 Å². The molecule has 25 heavy (non-hydrogen) atoms. The van der Waals surface area contributed by atoms with Crippen LogP contribution in [-0.2, 0) is 18.4 Å². The van der Waals surface area contributed by atoms with E-state index in [9.17, 15) is 4.79 Å². The number of nitrogens with zero attached hydrogens (tertiary/aromatic N) is 6. The molecule has 1 atom stereocenters. The molecule has 0 saturated carbocycles. The number of likely N-dealkylation sites (tertiary alicyclic amines) is 2. The van der Waals surface area contributed by atoms with Gasteiger partial charge in [0.05, 0.1) is 13.1 Å². The first kappa shape index (κ1) is 18.3. The standard InChI is InChI=1S/C18H32N6O/c1-21(2)14-17(25)24-11-7-8-15(12-24)18-20-19-16(22(18)3)13-23-9-5-4-6-10-23/h15H,4-14H2,1-3H3/t15-/m1/s1. The van der Waals surface area contributed by atoms with Crippen LogP contribution in [0.15, 0.2) is 0 Å². The Hall–Kier alpha value is -1.47. The van der Waals surface area contributed by atoms with Crippen molar-refractivity contribution in [2.75, 3.05) is 46.8 Å². The van der Waals surface area contributed by atoms with Crippen LogP contribution in [0.2, 0.25) is 0 Å². The third kappa shape index (κ3) is 4.58. The van der Waals surface area contributed by atoms with Gasteiger partial charge in [-0.3, -0.25) is 9.69 Å². The van der Waals surface area contributed by atoms with E-state index in [1.807, 2.05) is 23.9 Å². The largest absolute Gasteiger partial charge is 0.341 e. The minimum atomic E-state index is 0.213. The predicted octanol–water partition coefficient (Wildman–Crippen LogP) is 1.07. The lowest BCUT2D eigenvalue weighted by Crippen LogP contribution is -2.43. The quantitative estimate of drug-likeness (QED) is 0.797. The van der Waals surface area contributed by atoms with E-state index in [0.717, 1.165) is 44.1 Å². The summed E-state index contributed by atoms with van der Waals surface area (Å²) in [7, 11) is 5.96. The molecule has 2 aliphatic heterocycles. The molecule has 2 aliphatic rings. The highest BCUT2D eigenvalue weighted by molar-refractivity contribution is 5.78. The summed E-state index contributed by atoms with van der Waals surface area (Å²) in [5, 5.41) is 8.96. The number of rotatable bonds is 5. The molecule has 2 fully saturated rings. The molecule has 0 N–H and O–H groups in total. The van der Waals surface area contributed by atoms with Gasteiger partial charge >= 0.3 is 0 Å². The highest BCUT2D eigenvalue weighted by Crippen LogP contribution is 2.26. The molecule has 0 spiro atoms. The number of carbonyl (C=O) groups is 1. The zero-order chi connectivity index (χ0) is 17.8. The van der Waals surface area contributed by atoms with E-state index in [0.29, 0.717) is 12.5 Å². The van der Waals surface area contributed by atoms with E-state index < -0.39 is 0 Å². The van der Waals surface area contributed by atoms with Gasteiger partial charge in [-0.05, 0) is 52.9 Å². The summed E-state index contributed by atoms with van der Waals surface area (Å²) >= 11 is 0. The molecule has 2 saturated heterocycles. The van der Waals surface area contributed by atoms with Crippen molar-refractivity contribution in [2.45, 2.75) is 44.6 Å². The molecule has 3 rings (SSSR count). The molecule has 0 radical (unpaired) electrons. The molecule has 1 amide bonds. The summed E-state index contributed by atoms with van der Waals surface area (Å²) in [6.07, 6.45) is 6.05. The monoisotopic (exact) mass is 348 g/mol. The van der Waals surface area contributed by atoms with Gasteiger partial charge in [0.15, 0.2) is 0 Å². The van der Waals surface area contributed by atoms with E-state index in [2.05, 4.69) is 26.7 Å². The van der Waals surface area contributed by atoms with Gasteiger partial charge in [-0.15, -0.1) is 10.2 Å². The Morgan fingerprint density at radius 2 is 1.88 bits per heavy atom. The Labute approximate surface area is 151 Å². The van der Waals surface area contributed by atoms with Gasteiger partial charge in [0.1, 0.15) is 11.6 Å². The Balaban J connectivity index is 1.64. The molecule has 0 bridgehead atoms. The molecule has 1 aromatic rings. The maximum Gasteiger partial charge on any atom is 0.236 e. The van der Waals surface area contributed by atoms with Crippen LogP contribution in [0.4, 0.5) is 0 Å². The number of hydrogen-bond acceptors (Lipinski definition) is 5. The Bertz CT molecular complexity index is 578. The highest BCUT2D eigenvalue weighted by Gasteiger charge is 2.28. The Morgan fingerprint density at radius 3 is 2.60 bits per heavy atom. The first-order valence-corrected chi connectivity index (χ1v) is 9.57. The van der Waals surface area contributed by atoms with Crippen molar-refractivity contribution < 1.29 is 4.79 Å². The molecule has 7 heteroatoms. The third-order valence-electron chi connectivity index (χ3n) is 5.40. The van der Waals surface area contributed by atoms with Crippen LogP contribution in [0.25, 0.3) is 0 Å². The van der Waals surface area contributed by atoms with E-state index in [4.69, 9.17) is 0 Å². The van der Waals surface area contributed by atoms with Crippen LogP contribution in [-0.4, -0.2) is 82.2 Å². The van der Waals surface area contributed by atoms with Crippen molar-refractivity contribution in [3.8, 4) is 0 Å². The van der Waals surface area contributed by atoms with Crippen LogP contribution in [0.3, 0.4) is 0 Å². The number of hydrogen-bond donors (Lipinski definition) is 0. The van der Waals surface area contributed by atoms with Gasteiger partial charge in [0.25, 0.3) is 0 Å². The fraction of sp³-hybridized carbons (Fsp3) is 0.833. The molecule has 7 nitrogen and oxygen atoms in total. The molecule has 0 aliphatic carbocycles. The fourth-order valence-electron chi connectivity index (χ4n) is 3.97. The zero-order valence-corrected chi connectivity index (χ0v) is 15.9. The Kier molecular flexibility index (Phi) is 6.06.